The molecular formula is H111B8P101. The Bertz CT molecular complexity index is 1930. The SMILES string of the molecule is PPP(P(P)P)P(B(B(B(B(B(P(P(P)P)P(P)P)P(P(P)P)P(P)P)B(P(P(P)P)P(P)P)P(P(P)P)P(P)P)B(P(P(P(P)P)P(P)P)P(P(P)P)P(P)P)P(P(P(P)P)P(P)P)P(P(P)P)P(P)P)B(P(P(P)P)P(P)P)P(P(P)P)P(P)P)P(P(P(P)P)P(P)P)P(P(P)P)P(P)P)P(P(P)P)P(P)P. The lowest BCUT2D eigenvalue weighted by Crippen LogP contribution is -2.73. The van der Waals surface area contributed by atoms with Crippen molar-refractivity contribution in [2.24, 2.45) is 0 Å². The molecule has 0 fully saturated rings. The van der Waals surface area contributed by atoms with Crippen molar-refractivity contribution in [1.82, 2.24) is 0 Å². The summed E-state index contributed by atoms with van der Waals surface area (Å²) in [6, 6.07) is 2.86. The molecule has 0 nitrogen and oxygen atoms in total. The van der Waals surface area contributed by atoms with Crippen molar-refractivity contribution in [3.05, 3.63) is 0 Å². The Labute approximate surface area is 850 Å². The van der Waals surface area contributed by atoms with Crippen LogP contribution in [0.15, 0.2) is 0 Å². The van der Waals surface area contributed by atoms with Crippen LogP contribution in [-0.2, 0) is 0 Å². The fourth-order valence-corrected chi connectivity index (χ4v) is 897. The minimum absolute atomic E-state index is 0.466. The second kappa shape index (κ2) is 83.2. The van der Waals surface area contributed by atoms with Crippen molar-refractivity contribution in [3.8, 4) is 0 Å². The van der Waals surface area contributed by atoms with Crippen LogP contribution in [0.2, 0.25) is 0 Å². The summed E-state index contributed by atoms with van der Waals surface area (Å²) in [5.74, 6) is 0. The van der Waals surface area contributed by atoms with E-state index >= 15 is 0 Å². The molecule has 0 aliphatic carbocycles. The average molecular weight is 3330 g/mol. The molecular weight excluding hydrogens is 3210 g/mol. The predicted octanol–water partition coefficient (Wildman–Crippen LogP) is 54.2. The summed E-state index contributed by atoms with van der Waals surface area (Å²) in [6.45, 7) is -18.9. The fraction of sp³-hybridized carbons (Fsp3) is 0. The van der Waals surface area contributed by atoms with Gasteiger partial charge in [-0.25, -0.2) is 0 Å². The van der Waals surface area contributed by atoms with E-state index in [0.29, 0.717) is 49.4 Å². The molecule has 0 aromatic rings. The lowest BCUT2D eigenvalue weighted by atomic mass is 8.65. The van der Waals surface area contributed by atoms with E-state index in [4.69, 9.17) is 0 Å². The summed E-state index contributed by atoms with van der Waals surface area (Å²) >= 11 is 0. The number of hydrogen-bond donors (Lipinski definition) is 0. The van der Waals surface area contributed by atoms with Crippen LogP contribution in [0.1, 0.15) is 0 Å². The Kier molecular flexibility index (Phi) is 117. The quantitative estimate of drug-likeness (QED) is 0.0421. The van der Waals surface area contributed by atoms with Crippen molar-refractivity contribution < 1.29 is 0 Å². The highest BCUT2D eigenvalue weighted by atomic mass is 33.3. The van der Waals surface area contributed by atoms with Crippen molar-refractivity contribution in [1.29, 1.82) is 0 Å². The molecule has 58 atom stereocenters. The maximum Gasteiger partial charge on any atom is 0.178 e. The molecule has 58 unspecified atom stereocenters. The topological polar surface area (TPSA) is 0 Å². The largest absolute Gasteiger partial charge is 0.178 e. The zero-order valence-corrected chi connectivity index (χ0v) is 162. The summed E-state index contributed by atoms with van der Waals surface area (Å²) in [7, 11) is 203. The summed E-state index contributed by atoms with van der Waals surface area (Å²) in [6.07, 6.45) is 1.44. The summed E-state index contributed by atoms with van der Waals surface area (Å²) in [5.41, 5.74) is 0. The van der Waals surface area contributed by atoms with Gasteiger partial charge < -0.3 is 0 Å². The van der Waals surface area contributed by atoms with Crippen molar-refractivity contribution >= 4 is 865 Å². The Balaban J connectivity index is 15.5. The van der Waals surface area contributed by atoms with Crippen LogP contribution in [-0.4, -0.2) is 49.4 Å². The minimum atomic E-state index is -0.713. The van der Waals surface area contributed by atoms with E-state index in [2.05, 4.69) is 491 Å². The molecule has 0 aliphatic rings. The van der Waals surface area contributed by atoms with Crippen LogP contribution in [0, 0.1) is 0 Å². The van der Waals surface area contributed by atoms with Gasteiger partial charge in [-0.1, -0.05) is 79.7 Å². The Morgan fingerprint density at radius 3 is 0.330 bits per heavy atom. The van der Waals surface area contributed by atoms with Crippen LogP contribution in [0.25, 0.3) is 0 Å². The van der Waals surface area contributed by atoms with E-state index < -0.39 is 316 Å². The molecule has 0 bridgehead atoms. The molecule has 0 aromatic heterocycles. The smallest absolute Gasteiger partial charge is 0.109 e. The van der Waals surface area contributed by atoms with Gasteiger partial charge in [-0.15, -0.1) is 491 Å². The zero-order valence-electron chi connectivity index (χ0n) is 57.0. The fourth-order valence-electron chi connectivity index (χ4n) is 9.80. The first kappa shape index (κ1) is 153. The molecule has 0 aromatic carbocycles. The Morgan fingerprint density at radius 2 is 0.229 bits per heavy atom. The van der Waals surface area contributed by atoms with E-state index in [1.165, 1.54) is 0 Å². The first-order valence-electron chi connectivity index (χ1n) is 26.4. The molecule has 0 saturated heterocycles. The summed E-state index contributed by atoms with van der Waals surface area (Å²) < 4.78 is 0. The van der Waals surface area contributed by atoms with Crippen molar-refractivity contribution in [2.45, 2.75) is 0 Å². The molecule has 0 spiro atoms. The Hall–Kier alpha value is 43.9. The highest BCUT2D eigenvalue weighted by molar-refractivity contribution is 9.38. The zero-order chi connectivity index (χ0) is 86.3. The summed E-state index contributed by atoms with van der Waals surface area (Å²) in [4.78, 5) is 0. The lowest BCUT2D eigenvalue weighted by molar-refractivity contribution is 3.40. The maximum absolute atomic E-state index is 3.83. The molecule has 640 valence electrons. The van der Waals surface area contributed by atoms with Gasteiger partial charge in [0.1, 0.15) is 0 Å². The van der Waals surface area contributed by atoms with Gasteiger partial charge in [0.15, 0.2) is 30.2 Å². The van der Waals surface area contributed by atoms with Gasteiger partial charge in [-0.3, -0.25) is 0 Å². The molecule has 0 N–H and O–H groups in total. The molecule has 109 heavy (non-hydrogen) atoms. The molecule has 109 heteroatoms. The minimum Gasteiger partial charge on any atom is -0.109 e. The molecule has 0 radical (unpaired) electrons. The Morgan fingerprint density at radius 1 is 0.119 bits per heavy atom. The molecule has 0 rings (SSSR count). The van der Waals surface area contributed by atoms with Crippen LogP contribution in [0.3, 0.4) is 0 Å². The van der Waals surface area contributed by atoms with E-state index in [1.54, 1.807) is 0 Å². The normalized spacial score (nSPS) is 14.7. The first-order valence-corrected chi connectivity index (χ1v) is 203. The number of hydrogen-bond acceptors (Lipinski definition) is 0. The summed E-state index contributed by atoms with van der Waals surface area (Å²) in [5, 5.41) is 0. The van der Waals surface area contributed by atoms with E-state index in [-0.39, 0.29) is 0 Å². The monoisotopic (exact) mass is 3330 g/mol. The third-order valence-corrected chi connectivity index (χ3v) is 526. The third-order valence-electron chi connectivity index (χ3n) is 12.5. The lowest BCUT2D eigenvalue weighted by Gasteiger charge is -2.61. The van der Waals surface area contributed by atoms with Crippen LogP contribution >= 0.6 is 815 Å². The third kappa shape index (κ3) is 53.0. The maximum atomic E-state index is 3.83. The van der Waals surface area contributed by atoms with Gasteiger partial charge in [0, 0.05) is 6.39 Å². The van der Waals surface area contributed by atoms with Crippen molar-refractivity contribution in [3.63, 3.8) is 0 Å². The molecule has 0 aliphatic heterocycles. The predicted molar refractivity (Wildman–Crippen MR) is 900 cm³/mol. The molecule has 0 amide bonds. The van der Waals surface area contributed by atoms with E-state index in [9.17, 15) is 0 Å². The average Bonchev–Trinajstić information content (AvgIpc) is 3.45. The van der Waals surface area contributed by atoms with Crippen LogP contribution < -0.4 is 0 Å². The van der Waals surface area contributed by atoms with E-state index in [1.807, 2.05) is 0 Å². The highest BCUT2D eigenvalue weighted by Gasteiger charge is 2.73. The van der Waals surface area contributed by atoms with Gasteiger partial charge in [0.05, 0.1) is 12.8 Å². The van der Waals surface area contributed by atoms with Crippen LogP contribution in [0.5, 0.6) is 0 Å². The molecule has 0 heterocycles. The van der Waals surface area contributed by atoms with Crippen molar-refractivity contribution in [2.75, 3.05) is 0 Å². The van der Waals surface area contributed by atoms with Gasteiger partial charge >= 0.3 is 0 Å². The van der Waals surface area contributed by atoms with E-state index in [0.717, 1.165) is 7.96 Å². The van der Waals surface area contributed by atoms with Gasteiger partial charge in [-0.05, 0) is 245 Å². The second-order valence-electron chi connectivity index (χ2n) is 19.6. The van der Waals surface area contributed by atoms with Crippen LogP contribution in [0.4, 0.5) is 0 Å². The molecule has 0 saturated carbocycles. The van der Waals surface area contributed by atoms with Gasteiger partial charge in [-0.2, -0.15) is 0 Å². The highest BCUT2D eigenvalue weighted by Crippen LogP contribution is 3.32. The van der Waals surface area contributed by atoms with Gasteiger partial charge in [0.2, 0.25) is 0 Å². The first-order chi connectivity index (χ1) is 49.6. The van der Waals surface area contributed by atoms with Gasteiger partial charge in [0.25, 0.3) is 0 Å². The second-order valence-corrected chi connectivity index (χ2v) is 395. The number of rotatable bonds is 53. The standard InChI is InChI=1S/B8H111P101/c9-64-102(87(34)35)71(103(88(36)37)89(38)39)8(74(108(98(56)57)99(58)59)109(100(60)61)101(62)63)3(7(69(83(26)27)84(28)29)70(85(30)31)86(32)33)1(2(5(65(75(10)11)76(12)13)66(77(14)15)78(16)17)6(67(79(18)19)80(20)21)68(81(22)23)82(24)25)4(72(104(90(40)41)91(42)43)105(92(44)45)93(46)47)73(106(94(48)49)95(50)51)107(96(52)53)97(54)55/h64H,9-63H2.